The molecule has 7 nitrogen and oxygen atoms in total. The van der Waals surface area contributed by atoms with Crippen molar-refractivity contribution in [2.24, 2.45) is 0 Å². The maximum atomic E-state index is 13.9. The van der Waals surface area contributed by atoms with Gasteiger partial charge >= 0.3 is 0 Å². The number of halogens is 3. The molecule has 0 saturated heterocycles. The Kier molecular flexibility index (Phi) is 5.81. The molecule has 1 amide bonds. The molecule has 0 aliphatic heterocycles. The zero-order valence-corrected chi connectivity index (χ0v) is 16.1. The summed E-state index contributed by atoms with van der Waals surface area (Å²) in [5.74, 6) is -2.02. The fraction of sp³-hybridized carbons (Fsp3) is 0.0714. The van der Waals surface area contributed by atoms with E-state index in [1.54, 1.807) is 4.72 Å². The Labute approximate surface area is 159 Å². The minimum absolute atomic E-state index is 0.0552. The third kappa shape index (κ3) is 5.31. The number of sulfonamides is 2. The lowest BCUT2D eigenvalue weighted by atomic mass is 10.2. The van der Waals surface area contributed by atoms with Crippen LogP contribution in [0, 0.1) is 5.82 Å². The van der Waals surface area contributed by atoms with Crippen LogP contribution in [0.2, 0.25) is 10.0 Å². The van der Waals surface area contributed by atoms with Crippen LogP contribution in [-0.4, -0.2) is 29.0 Å². The number of anilines is 1. The summed E-state index contributed by atoms with van der Waals surface area (Å²) in [4.78, 5) is 11.5. The van der Waals surface area contributed by atoms with Gasteiger partial charge in [-0.25, -0.2) is 25.9 Å². The van der Waals surface area contributed by atoms with E-state index >= 15 is 0 Å². The highest BCUT2D eigenvalue weighted by Crippen LogP contribution is 2.25. The molecule has 0 saturated carbocycles. The second kappa shape index (κ2) is 7.39. The Bertz CT molecular complexity index is 1070. The number of nitrogens with one attached hydrogen (secondary N) is 2. The van der Waals surface area contributed by atoms with Gasteiger partial charge in [0.25, 0.3) is 15.9 Å². The molecule has 2 N–H and O–H groups in total. The Morgan fingerprint density at radius 1 is 1.00 bits per heavy atom. The second-order valence-electron chi connectivity index (χ2n) is 5.11. The zero-order chi connectivity index (χ0) is 19.7. The number of benzene rings is 2. The van der Waals surface area contributed by atoms with Gasteiger partial charge in [0.1, 0.15) is 5.82 Å². The fourth-order valence-electron chi connectivity index (χ4n) is 1.86. The van der Waals surface area contributed by atoms with E-state index in [9.17, 15) is 26.0 Å². The van der Waals surface area contributed by atoms with Crippen molar-refractivity contribution >= 4 is 54.8 Å². The highest BCUT2D eigenvalue weighted by Gasteiger charge is 2.20. The van der Waals surface area contributed by atoms with Crippen LogP contribution in [-0.2, 0) is 20.0 Å². The first kappa shape index (κ1) is 20.4. The first-order valence-corrected chi connectivity index (χ1v) is 10.8. The first-order valence-electron chi connectivity index (χ1n) is 6.68. The Hall–Kier alpha value is -1.88. The molecule has 0 heterocycles. The number of amides is 1. The largest absolute Gasteiger partial charge is 0.277 e. The van der Waals surface area contributed by atoms with Gasteiger partial charge in [-0.15, -0.1) is 0 Å². The van der Waals surface area contributed by atoms with Gasteiger partial charge in [0.15, 0.2) is 0 Å². The summed E-state index contributed by atoms with van der Waals surface area (Å²) >= 11 is 11.5. The van der Waals surface area contributed by atoms with Crippen LogP contribution in [0.3, 0.4) is 0 Å². The molecule has 0 bridgehead atoms. The number of carbonyl (C=O) groups is 1. The van der Waals surface area contributed by atoms with Crippen molar-refractivity contribution in [2.45, 2.75) is 4.90 Å². The third-order valence-electron chi connectivity index (χ3n) is 2.90. The van der Waals surface area contributed by atoms with Crippen LogP contribution >= 0.6 is 23.2 Å². The maximum Gasteiger partial charge on any atom is 0.264 e. The highest BCUT2D eigenvalue weighted by molar-refractivity contribution is 7.92. The average Bonchev–Trinajstić information content (AvgIpc) is 2.46. The molecule has 12 heteroatoms. The maximum absolute atomic E-state index is 13.9. The van der Waals surface area contributed by atoms with Crippen molar-refractivity contribution in [2.75, 3.05) is 11.0 Å². The molecule has 26 heavy (non-hydrogen) atoms. The van der Waals surface area contributed by atoms with E-state index in [0.717, 1.165) is 36.6 Å². The molecule has 0 fully saturated rings. The SMILES string of the molecule is CS(=O)(=O)NC(=O)c1ccc(F)c(NS(=O)(=O)c2cc(Cl)cc(Cl)c2)c1. The minimum Gasteiger partial charge on any atom is -0.277 e. The third-order valence-corrected chi connectivity index (χ3v) is 5.23. The van der Waals surface area contributed by atoms with Crippen LogP contribution in [0.1, 0.15) is 10.4 Å². The molecule has 140 valence electrons. The monoisotopic (exact) mass is 440 g/mol. The fourth-order valence-corrected chi connectivity index (χ4v) is 4.10. The standard InChI is InChI=1S/C14H11Cl2FN2O5S2/c1-25(21,22)19-14(20)8-2-3-12(17)13(4-8)18-26(23,24)11-6-9(15)5-10(16)7-11/h2-7,18H,1H3,(H,19,20). The molecule has 2 aromatic rings. The normalized spacial score (nSPS) is 11.8. The lowest BCUT2D eigenvalue weighted by Gasteiger charge is -2.11. The second-order valence-corrected chi connectivity index (χ2v) is 9.41. The van der Waals surface area contributed by atoms with Crippen LogP contribution < -0.4 is 9.44 Å². The average molecular weight is 441 g/mol. The molecule has 0 aliphatic carbocycles. The van der Waals surface area contributed by atoms with Gasteiger partial charge in [0.2, 0.25) is 10.0 Å². The van der Waals surface area contributed by atoms with E-state index < -0.39 is 37.5 Å². The topological polar surface area (TPSA) is 109 Å². The van der Waals surface area contributed by atoms with Crippen molar-refractivity contribution in [3.63, 3.8) is 0 Å². The predicted molar refractivity (Wildman–Crippen MR) is 96.0 cm³/mol. The molecule has 0 atom stereocenters. The van der Waals surface area contributed by atoms with Gasteiger partial charge in [-0.1, -0.05) is 23.2 Å². The summed E-state index contributed by atoms with van der Waals surface area (Å²) in [5, 5.41) is 0.110. The van der Waals surface area contributed by atoms with Gasteiger partial charge in [-0.3, -0.25) is 9.52 Å². The van der Waals surface area contributed by atoms with Gasteiger partial charge in [-0.05, 0) is 36.4 Å². The summed E-state index contributed by atoms with van der Waals surface area (Å²) in [6, 6.07) is 6.21. The van der Waals surface area contributed by atoms with E-state index in [-0.39, 0.29) is 20.5 Å². The smallest absolute Gasteiger partial charge is 0.264 e. The summed E-state index contributed by atoms with van der Waals surface area (Å²) in [6.45, 7) is 0. The number of hydrogen-bond acceptors (Lipinski definition) is 5. The Balaban J connectivity index is 2.39. The van der Waals surface area contributed by atoms with E-state index in [1.807, 2.05) is 4.72 Å². The quantitative estimate of drug-likeness (QED) is 0.742. The molecular formula is C14H11Cl2FN2O5S2. The van der Waals surface area contributed by atoms with Crippen LogP contribution in [0.5, 0.6) is 0 Å². The van der Waals surface area contributed by atoms with E-state index in [0.29, 0.717) is 0 Å². The first-order chi connectivity index (χ1) is 11.9. The van der Waals surface area contributed by atoms with Gasteiger partial charge in [-0.2, -0.15) is 0 Å². The number of rotatable bonds is 5. The van der Waals surface area contributed by atoms with Crippen molar-refractivity contribution < 1.29 is 26.0 Å². The molecule has 0 aliphatic rings. The van der Waals surface area contributed by atoms with E-state index in [4.69, 9.17) is 23.2 Å². The molecule has 0 radical (unpaired) electrons. The predicted octanol–water partition coefficient (Wildman–Crippen LogP) is 2.62. The molecule has 0 aromatic heterocycles. The zero-order valence-electron chi connectivity index (χ0n) is 13.0. The molecule has 0 unspecified atom stereocenters. The summed E-state index contributed by atoms with van der Waals surface area (Å²) in [6.07, 6.45) is 0.765. The van der Waals surface area contributed by atoms with Gasteiger partial charge in [0.05, 0.1) is 16.8 Å². The van der Waals surface area contributed by atoms with Crippen LogP contribution in [0.25, 0.3) is 0 Å². The minimum atomic E-state index is -4.27. The van der Waals surface area contributed by atoms with E-state index in [2.05, 4.69) is 0 Å². The number of hydrogen-bond donors (Lipinski definition) is 2. The van der Waals surface area contributed by atoms with Crippen molar-refractivity contribution in [1.29, 1.82) is 0 Å². The Morgan fingerprint density at radius 2 is 1.58 bits per heavy atom. The Morgan fingerprint density at radius 3 is 2.12 bits per heavy atom. The molecule has 2 rings (SSSR count). The summed E-state index contributed by atoms with van der Waals surface area (Å²) in [5.41, 5.74) is -0.819. The lowest BCUT2D eigenvalue weighted by molar-refractivity contribution is 0.0981. The van der Waals surface area contributed by atoms with Crippen molar-refractivity contribution in [1.82, 2.24) is 4.72 Å². The van der Waals surface area contributed by atoms with Gasteiger partial charge < -0.3 is 0 Å². The molecule has 2 aromatic carbocycles. The van der Waals surface area contributed by atoms with E-state index in [1.165, 1.54) is 6.07 Å². The van der Waals surface area contributed by atoms with Crippen molar-refractivity contribution in [3.05, 3.63) is 57.8 Å². The van der Waals surface area contributed by atoms with Gasteiger partial charge in [0, 0.05) is 15.6 Å². The van der Waals surface area contributed by atoms with Crippen LogP contribution in [0.15, 0.2) is 41.3 Å². The molecular weight excluding hydrogens is 430 g/mol. The summed E-state index contributed by atoms with van der Waals surface area (Å²) in [7, 11) is -8.11. The highest BCUT2D eigenvalue weighted by atomic mass is 35.5. The number of carbonyl (C=O) groups excluding carboxylic acids is 1. The summed E-state index contributed by atoms with van der Waals surface area (Å²) < 4.78 is 64.6. The van der Waals surface area contributed by atoms with Crippen LogP contribution in [0.4, 0.5) is 10.1 Å². The van der Waals surface area contributed by atoms with Crippen molar-refractivity contribution in [3.8, 4) is 0 Å². The lowest BCUT2D eigenvalue weighted by Crippen LogP contribution is -2.29. The molecule has 0 spiro atoms.